The average molecular weight is 437 g/mol. The summed E-state index contributed by atoms with van der Waals surface area (Å²) in [6, 6.07) is 2.13. The number of nitrogens with one attached hydrogen (secondary N) is 1. The number of rotatable bonds is 4. The Bertz CT molecular complexity index is 1120. The smallest absolute Gasteiger partial charge is 0.339 e. The van der Waals surface area contributed by atoms with Crippen LogP contribution in [0.1, 0.15) is 49.9 Å². The molecule has 32 heavy (non-hydrogen) atoms. The number of fused-ring (bicyclic) bond motifs is 2. The first-order chi connectivity index (χ1) is 15.0. The van der Waals surface area contributed by atoms with Crippen LogP contribution in [0.2, 0.25) is 0 Å². The topological polar surface area (TPSA) is 124 Å². The molecule has 0 aromatic heterocycles. The number of carboxylic acids is 1. The normalized spacial score (nSPS) is 31.4. The van der Waals surface area contributed by atoms with E-state index in [1.807, 2.05) is 13.0 Å². The Labute approximate surface area is 186 Å². The summed E-state index contributed by atoms with van der Waals surface area (Å²) in [4.78, 5) is 37.1. The van der Waals surface area contributed by atoms with Crippen LogP contribution in [0.4, 0.5) is 5.69 Å². The van der Waals surface area contributed by atoms with Crippen molar-refractivity contribution >= 4 is 23.3 Å². The minimum Gasteiger partial charge on any atom is -0.506 e. The molecule has 168 valence electrons. The largest absolute Gasteiger partial charge is 0.506 e. The number of amides is 1. The van der Waals surface area contributed by atoms with Gasteiger partial charge in [-0.05, 0) is 75.0 Å². The van der Waals surface area contributed by atoms with E-state index in [1.165, 1.54) is 11.6 Å². The fourth-order valence-electron chi connectivity index (χ4n) is 5.91. The lowest BCUT2D eigenvalue weighted by Crippen LogP contribution is -2.54. The molecule has 4 atom stereocenters. The summed E-state index contributed by atoms with van der Waals surface area (Å²) in [6.45, 7) is 7.87. The summed E-state index contributed by atoms with van der Waals surface area (Å²) < 4.78 is 0. The SMILES string of the molecule is C=C1C[C@@]23C=CC(=O)[C@](C)(/C(C)=C\C(=O)Nc4c(O)ccc(C(=O)O)c4O)[C@@H]2C[C@@H]1CC3. The molecule has 0 heterocycles. The van der Waals surface area contributed by atoms with Crippen LogP contribution in [-0.4, -0.2) is 33.0 Å². The van der Waals surface area contributed by atoms with E-state index >= 15 is 0 Å². The highest BCUT2D eigenvalue weighted by Crippen LogP contribution is 2.64. The third-order valence-corrected chi connectivity index (χ3v) is 7.88. The summed E-state index contributed by atoms with van der Waals surface area (Å²) >= 11 is 0. The van der Waals surface area contributed by atoms with Crippen molar-refractivity contribution in [1.29, 1.82) is 0 Å². The molecule has 7 heteroatoms. The van der Waals surface area contributed by atoms with E-state index in [0.717, 1.165) is 37.8 Å². The van der Waals surface area contributed by atoms with Gasteiger partial charge in [-0.3, -0.25) is 9.59 Å². The van der Waals surface area contributed by atoms with Gasteiger partial charge in [-0.1, -0.05) is 23.8 Å². The molecular formula is C25H27NO6. The maximum Gasteiger partial charge on any atom is 0.339 e. The van der Waals surface area contributed by atoms with E-state index in [9.17, 15) is 24.6 Å². The number of carboxylic acid groups (broad SMARTS) is 1. The molecular weight excluding hydrogens is 410 g/mol. The predicted molar refractivity (Wildman–Crippen MR) is 118 cm³/mol. The highest BCUT2D eigenvalue weighted by molar-refractivity contribution is 6.06. The lowest BCUT2D eigenvalue weighted by Gasteiger charge is -2.59. The van der Waals surface area contributed by atoms with Crippen LogP contribution in [0.15, 0.2) is 48.1 Å². The van der Waals surface area contributed by atoms with Gasteiger partial charge in [0.25, 0.3) is 0 Å². The number of aromatic carboxylic acids is 1. The third-order valence-electron chi connectivity index (χ3n) is 7.88. The Kier molecular flexibility index (Phi) is 5.03. The van der Waals surface area contributed by atoms with Gasteiger partial charge in [-0.2, -0.15) is 0 Å². The molecule has 2 bridgehead atoms. The van der Waals surface area contributed by atoms with Crippen LogP contribution in [0.25, 0.3) is 0 Å². The Hall–Kier alpha value is -3.35. The van der Waals surface area contributed by atoms with Gasteiger partial charge in [0, 0.05) is 6.08 Å². The molecule has 5 rings (SSSR count). The summed E-state index contributed by atoms with van der Waals surface area (Å²) in [6.07, 6.45) is 8.73. The quantitative estimate of drug-likeness (QED) is 0.318. The first-order valence-corrected chi connectivity index (χ1v) is 10.7. The molecule has 0 unspecified atom stereocenters. The second kappa shape index (κ2) is 7.36. The average Bonchev–Trinajstić information content (AvgIpc) is 2.73. The lowest BCUT2D eigenvalue weighted by molar-refractivity contribution is -0.131. The van der Waals surface area contributed by atoms with E-state index in [1.54, 1.807) is 13.0 Å². The molecule has 7 nitrogen and oxygen atoms in total. The van der Waals surface area contributed by atoms with Crippen molar-refractivity contribution in [3.63, 3.8) is 0 Å². The maximum absolute atomic E-state index is 13.1. The van der Waals surface area contributed by atoms with Gasteiger partial charge in [-0.15, -0.1) is 0 Å². The van der Waals surface area contributed by atoms with E-state index in [2.05, 4.69) is 11.9 Å². The lowest BCUT2D eigenvalue weighted by atomic mass is 9.44. The Morgan fingerprint density at radius 3 is 2.66 bits per heavy atom. The second-order valence-corrected chi connectivity index (χ2v) is 9.47. The summed E-state index contributed by atoms with van der Waals surface area (Å²) in [5.41, 5.74) is -0.00907. The van der Waals surface area contributed by atoms with E-state index in [4.69, 9.17) is 5.11 Å². The van der Waals surface area contributed by atoms with Gasteiger partial charge >= 0.3 is 5.97 Å². The molecule has 1 aromatic rings. The number of phenolic OH excluding ortho intramolecular Hbond substituents is 1. The first-order valence-electron chi connectivity index (χ1n) is 10.7. The van der Waals surface area contributed by atoms with Crippen molar-refractivity contribution < 1.29 is 29.7 Å². The van der Waals surface area contributed by atoms with Gasteiger partial charge in [0.1, 0.15) is 17.0 Å². The van der Waals surface area contributed by atoms with Crippen molar-refractivity contribution in [2.75, 3.05) is 5.32 Å². The predicted octanol–water partition coefficient (Wildman–Crippen LogP) is 4.19. The zero-order chi connectivity index (χ0) is 23.4. The number of allylic oxidation sites excluding steroid dienone is 4. The van der Waals surface area contributed by atoms with Gasteiger partial charge in [0.2, 0.25) is 5.91 Å². The number of benzene rings is 1. The van der Waals surface area contributed by atoms with E-state index in [-0.39, 0.29) is 22.8 Å². The van der Waals surface area contributed by atoms with Gasteiger partial charge < -0.3 is 20.6 Å². The first kappa shape index (κ1) is 21.9. The molecule has 3 saturated carbocycles. The standard InChI is InChI=1S/C25H27NO6/c1-13-12-25-8-6-15(13)11-18(25)24(3,19(28)7-9-25)14(2)10-20(29)26-21-17(27)5-4-16(22(21)30)23(31)32/h4-5,7,9-10,15,18,27,30H,1,6,8,11-12H2,2-3H3,(H,26,29)(H,31,32)/b14-10-/t15-,18-,24+,25+/m0/s1. The molecule has 4 aliphatic rings. The van der Waals surface area contributed by atoms with Crippen LogP contribution in [-0.2, 0) is 9.59 Å². The van der Waals surface area contributed by atoms with Gasteiger partial charge in [0.15, 0.2) is 11.5 Å². The number of hydrogen-bond donors (Lipinski definition) is 4. The Morgan fingerprint density at radius 2 is 2.00 bits per heavy atom. The Balaban J connectivity index is 1.66. The van der Waals surface area contributed by atoms with E-state index in [0.29, 0.717) is 11.5 Å². The van der Waals surface area contributed by atoms with Crippen LogP contribution in [0.3, 0.4) is 0 Å². The number of carbonyl (C=O) groups excluding carboxylic acids is 2. The maximum atomic E-state index is 13.1. The summed E-state index contributed by atoms with van der Waals surface area (Å²) in [7, 11) is 0. The number of anilines is 1. The molecule has 1 aromatic carbocycles. The molecule has 4 aliphatic carbocycles. The van der Waals surface area contributed by atoms with Crippen molar-refractivity contribution in [3.8, 4) is 11.5 Å². The van der Waals surface area contributed by atoms with Gasteiger partial charge in [0.05, 0.1) is 5.41 Å². The monoisotopic (exact) mass is 437 g/mol. The van der Waals surface area contributed by atoms with Crippen LogP contribution < -0.4 is 5.32 Å². The third kappa shape index (κ3) is 3.15. The van der Waals surface area contributed by atoms with Crippen molar-refractivity contribution in [2.45, 2.75) is 39.5 Å². The van der Waals surface area contributed by atoms with Crippen molar-refractivity contribution in [1.82, 2.24) is 0 Å². The Morgan fingerprint density at radius 1 is 1.28 bits per heavy atom. The zero-order valence-electron chi connectivity index (χ0n) is 18.1. The molecule has 0 radical (unpaired) electrons. The zero-order valence-corrected chi connectivity index (χ0v) is 18.1. The van der Waals surface area contributed by atoms with Crippen molar-refractivity contribution in [3.05, 3.63) is 53.6 Å². The van der Waals surface area contributed by atoms with Crippen LogP contribution in [0.5, 0.6) is 11.5 Å². The molecule has 3 fully saturated rings. The minimum atomic E-state index is -1.39. The summed E-state index contributed by atoms with van der Waals surface area (Å²) in [5.74, 6) is -2.87. The molecule has 0 aliphatic heterocycles. The fourth-order valence-corrected chi connectivity index (χ4v) is 5.91. The number of carbonyl (C=O) groups is 3. The minimum absolute atomic E-state index is 0.0496. The van der Waals surface area contributed by atoms with Gasteiger partial charge in [-0.25, -0.2) is 4.79 Å². The highest BCUT2D eigenvalue weighted by Gasteiger charge is 2.58. The number of phenols is 2. The molecule has 0 saturated heterocycles. The fraction of sp³-hybridized carbons (Fsp3) is 0.400. The number of hydrogen-bond acceptors (Lipinski definition) is 5. The molecule has 1 amide bonds. The van der Waals surface area contributed by atoms with Crippen LogP contribution >= 0.6 is 0 Å². The van der Waals surface area contributed by atoms with Crippen molar-refractivity contribution in [2.24, 2.45) is 22.7 Å². The number of ketones is 1. The number of aromatic hydroxyl groups is 2. The highest BCUT2D eigenvalue weighted by atomic mass is 16.4. The van der Waals surface area contributed by atoms with E-state index < -0.39 is 34.4 Å². The second-order valence-electron chi connectivity index (χ2n) is 9.47. The van der Waals surface area contributed by atoms with Crippen LogP contribution in [0, 0.1) is 22.7 Å². The molecule has 4 N–H and O–H groups in total. The molecule has 1 spiro atoms. The summed E-state index contributed by atoms with van der Waals surface area (Å²) in [5, 5.41) is 31.7.